The van der Waals surface area contributed by atoms with Gasteiger partial charge >= 0.3 is 6.18 Å². The molecule has 0 amide bonds. The van der Waals surface area contributed by atoms with Crippen molar-refractivity contribution in [2.45, 2.75) is 24.9 Å². The van der Waals surface area contributed by atoms with Crippen LogP contribution in [0.15, 0.2) is 18.2 Å². The summed E-state index contributed by atoms with van der Waals surface area (Å²) in [7, 11) is 0. The van der Waals surface area contributed by atoms with Gasteiger partial charge in [-0.3, -0.25) is 0 Å². The van der Waals surface area contributed by atoms with Crippen molar-refractivity contribution >= 4 is 11.6 Å². The molecule has 0 aliphatic heterocycles. The van der Waals surface area contributed by atoms with Crippen LogP contribution >= 0.6 is 11.6 Å². The Morgan fingerprint density at radius 3 is 2.47 bits per heavy atom. The summed E-state index contributed by atoms with van der Waals surface area (Å²) in [5.74, 6) is 0.801. The molecule has 0 spiro atoms. The van der Waals surface area contributed by atoms with Crippen molar-refractivity contribution in [2.24, 2.45) is 5.92 Å². The summed E-state index contributed by atoms with van der Waals surface area (Å²) >= 11 is 5.57. The monoisotopic (exact) mass is 264 g/mol. The van der Waals surface area contributed by atoms with Crippen molar-refractivity contribution in [1.29, 1.82) is 0 Å². The molecule has 1 aliphatic rings. The second kappa shape index (κ2) is 4.77. The SMILES string of the molecule is FC(F)(F)c1cc(CCl)cc(OCC2CC2)c1. The number of halogens is 4. The zero-order valence-electron chi connectivity index (χ0n) is 9.06. The highest BCUT2D eigenvalue weighted by atomic mass is 35.5. The number of alkyl halides is 4. The Hall–Kier alpha value is -0.900. The number of ether oxygens (including phenoxy) is 1. The van der Waals surface area contributed by atoms with Gasteiger partial charge in [0, 0.05) is 5.88 Å². The second-order valence-corrected chi connectivity index (χ2v) is 4.52. The number of hydrogen-bond acceptors (Lipinski definition) is 1. The average Bonchev–Trinajstić information content (AvgIpc) is 3.08. The van der Waals surface area contributed by atoms with E-state index in [9.17, 15) is 13.2 Å². The number of hydrogen-bond donors (Lipinski definition) is 0. The van der Waals surface area contributed by atoms with Gasteiger partial charge in [0.2, 0.25) is 0 Å². The molecular formula is C12H12ClF3O. The lowest BCUT2D eigenvalue weighted by atomic mass is 10.1. The van der Waals surface area contributed by atoms with Gasteiger partial charge in [0.25, 0.3) is 0 Å². The normalized spacial score (nSPS) is 16.0. The smallest absolute Gasteiger partial charge is 0.416 e. The lowest BCUT2D eigenvalue weighted by molar-refractivity contribution is -0.137. The first-order chi connectivity index (χ1) is 7.99. The van der Waals surface area contributed by atoms with Crippen molar-refractivity contribution in [3.8, 4) is 5.75 Å². The van der Waals surface area contributed by atoms with Gasteiger partial charge in [0.05, 0.1) is 12.2 Å². The molecule has 0 aromatic heterocycles. The van der Waals surface area contributed by atoms with Gasteiger partial charge in [-0.15, -0.1) is 11.6 Å². The molecule has 0 radical (unpaired) electrons. The molecule has 0 saturated heterocycles. The molecule has 2 rings (SSSR count). The lowest BCUT2D eigenvalue weighted by Gasteiger charge is -2.12. The molecule has 0 atom stereocenters. The third kappa shape index (κ3) is 3.53. The maximum Gasteiger partial charge on any atom is 0.416 e. The van der Waals surface area contributed by atoms with Gasteiger partial charge < -0.3 is 4.74 Å². The average molecular weight is 265 g/mol. The van der Waals surface area contributed by atoms with Gasteiger partial charge in [0.15, 0.2) is 0 Å². The summed E-state index contributed by atoms with van der Waals surface area (Å²) in [5, 5.41) is 0. The van der Waals surface area contributed by atoms with E-state index in [1.54, 1.807) is 6.07 Å². The van der Waals surface area contributed by atoms with E-state index >= 15 is 0 Å². The Morgan fingerprint density at radius 2 is 1.94 bits per heavy atom. The van der Waals surface area contributed by atoms with Crippen LogP contribution in [0, 0.1) is 5.92 Å². The van der Waals surface area contributed by atoms with E-state index in [-0.39, 0.29) is 11.6 Å². The minimum atomic E-state index is -4.36. The molecule has 1 aliphatic carbocycles. The Bertz CT molecular complexity index is 399. The highest BCUT2D eigenvalue weighted by Crippen LogP contribution is 2.34. The molecule has 1 fully saturated rings. The van der Waals surface area contributed by atoms with Crippen LogP contribution in [0.25, 0.3) is 0 Å². The van der Waals surface area contributed by atoms with Gasteiger partial charge in [-0.1, -0.05) is 0 Å². The first kappa shape index (κ1) is 12.6. The molecule has 1 aromatic rings. The fraction of sp³-hybridized carbons (Fsp3) is 0.500. The molecule has 0 heterocycles. The molecule has 0 N–H and O–H groups in total. The van der Waals surface area contributed by atoms with Gasteiger partial charge in [-0.2, -0.15) is 13.2 Å². The molecule has 17 heavy (non-hydrogen) atoms. The van der Waals surface area contributed by atoms with Crippen LogP contribution in [0.1, 0.15) is 24.0 Å². The Kier molecular flexibility index (Phi) is 3.52. The standard InChI is InChI=1S/C12H12ClF3O/c13-6-9-3-10(12(14,15)16)5-11(4-9)17-7-8-1-2-8/h3-5,8H,1-2,6-7H2. The third-order valence-corrected chi connectivity index (χ3v) is 2.94. The largest absolute Gasteiger partial charge is 0.493 e. The Morgan fingerprint density at radius 1 is 1.24 bits per heavy atom. The number of benzene rings is 1. The molecule has 5 heteroatoms. The fourth-order valence-corrected chi connectivity index (χ4v) is 1.64. The molecule has 0 unspecified atom stereocenters. The van der Waals surface area contributed by atoms with Crippen molar-refractivity contribution in [2.75, 3.05) is 6.61 Å². The molecule has 1 aromatic carbocycles. The second-order valence-electron chi connectivity index (χ2n) is 4.25. The molecule has 1 saturated carbocycles. The van der Waals surface area contributed by atoms with E-state index in [0.29, 0.717) is 18.1 Å². The van der Waals surface area contributed by atoms with Gasteiger partial charge in [-0.25, -0.2) is 0 Å². The van der Waals surface area contributed by atoms with E-state index in [1.807, 2.05) is 0 Å². The van der Waals surface area contributed by atoms with Crippen molar-refractivity contribution in [3.63, 3.8) is 0 Å². The van der Waals surface area contributed by atoms with Crippen LogP contribution in [-0.2, 0) is 12.1 Å². The van der Waals surface area contributed by atoms with Crippen LogP contribution in [0.3, 0.4) is 0 Å². The maximum absolute atomic E-state index is 12.6. The highest BCUT2D eigenvalue weighted by Gasteiger charge is 2.31. The predicted molar refractivity (Wildman–Crippen MR) is 59.2 cm³/mol. The molecule has 0 bridgehead atoms. The minimum absolute atomic E-state index is 0.0453. The number of rotatable bonds is 4. The fourth-order valence-electron chi connectivity index (χ4n) is 1.48. The molecule has 94 valence electrons. The van der Waals surface area contributed by atoms with Crippen LogP contribution in [0.4, 0.5) is 13.2 Å². The van der Waals surface area contributed by atoms with Gasteiger partial charge in [0.1, 0.15) is 5.75 Å². The first-order valence-corrected chi connectivity index (χ1v) is 5.92. The van der Waals surface area contributed by atoms with Crippen LogP contribution < -0.4 is 4.74 Å². The highest BCUT2D eigenvalue weighted by molar-refractivity contribution is 6.17. The third-order valence-electron chi connectivity index (χ3n) is 2.63. The van der Waals surface area contributed by atoms with Crippen molar-refractivity contribution < 1.29 is 17.9 Å². The maximum atomic E-state index is 12.6. The molecular weight excluding hydrogens is 253 g/mol. The summed E-state index contributed by atoms with van der Waals surface area (Å²) in [6.07, 6.45) is -2.16. The summed E-state index contributed by atoms with van der Waals surface area (Å²) in [6.45, 7) is 0.489. The quantitative estimate of drug-likeness (QED) is 0.740. The van der Waals surface area contributed by atoms with E-state index in [4.69, 9.17) is 16.3 Å². The van der Waals surface area contributed by atoms with E-state index in [1.165, 1.54) is 0 Å². The van der Waals surface area contributed by atoms with E-state index in [2.05, 4.69) is 0 Å². The Labute approximate surface area is 103 Å². The van der Waals surface area contributed by atoms with E-state index < -0.39 is 11.7 Å². The minimum Gasteiger partial charge on any atom is -0.493 e. The summed E-state index contributed by atoms with van der Waals surface area (Å²) in [4.78, 5) is 0. The molecule has 1 nitrogen and oxygen atoms in total. The topological polar surface area (TPSA) is 9.23 Å². The zero-order valence-corrected chi connectivity index (χ0v) is 9.81. The van der Waals surface area contributed by atoms with Crippen LogP contribution in [-0.4, -0.2) is 6.61 Å². The predicted octanol–water partition coefficient (Wildman–Crippen LogP) is 4.23. The van der Waals surface area contributed by atoms with Crippen molar-refractivity contribution in [1.82, 2.24) is 0 Å². The van der Waals surface area contributed by atoms with Crippen molar-refractivity contribution in [3.05, 3.63) is 29.3 Å². The van der Waals surface area contributed by atoms with E-state index in [0.717, 1.165) is 25.0 Å². The van der Waals surface area contributed by atoms with Crippen LogP contribution in [0.2, 0.25) is 0 Å². The van der Waals surface area contributed by atoms with Gasteiger partial charge in [-0.05, 0) is 42.5 Å². The lowest BCUT2D eigenvalue weighted by Crippen LogP contribution is -2.07. The zero-order chi connectivity index (χ0) is 12.5. The summed E-state index contributed by atoms with van der Waals surface area (Å²) in [6, 6.07) is 3.64. The summed E-state index contributed by atoms with van der Waals surface area (Å²) in [5.41, 5.74) is -0.284. The Balaban J connectivity index is 2.18. The first-order valence-electron chi connectivity index (χ1n) is 5.39. The van der Waals surface area contributed by atoms with Crippen LogP contribution in [0.5, 0.6) is 5.75 Å². The summed E-state index contributed by atoms with van der Waals surface area (Å²) < 4.78 is 43.1.